The molecule has 0 saturated heterocycles. The van der Waals surface area contributed by atoms with Gasteiger partial charge >= 0.3 is 0 Å². The highest BCUT2D eigenvalue weighted by Gasteiger charge is 2.04. The van der Waals surface area contributed by atoms with Gasteiger partial charge in [0.05, 0.1) is 5.69 Å². The lowest BCUT2D eigenvalue weighted by Gasteiger charge is -2.07. The number of hydrogen-bond acceptors (Lipinski definition) is 3. The van der Waals surface area contributed by atoms with E-state index in [2.05, 4.69) is 4.98 Å². The van der Waals surface area contributed by atoms with Crippen LogP contribution in [0.4, 0.5) is 5.69 Å². The molecule has 0 unspecified atom stereocenters. The Kier molecular flexibility index (Phi) is 3.17. The summed E-state index contributed by atoms with van der Waals surface area (Å²) in [5.41, 5.74) is 6.15. The number of halogens is 2. The maximum atomic E-state index is 5.84. The van der Waals surface area contributed by atoms with Crippen molar-refractivity contribution in [2.24, 2.45) is 0 Å². The molecule has 5 heteroatoms. The molecule has 0 radical (unpaired) electrons. The average molecular weight is 255 g/mol. The van der Waals surface area contributed by atoms with Crippen molar-refractivity contribution < 1.29 is 4.74 Å². The molecular formula is C11H8Cl2N2O. The van der Waals surface area contributed by atoms with Crippen LogP contribution >= 0.6 is 23.2 Å². The molecule has 0 atom stereocenters. The lowest BCUT2D eigenvalue weighted by molar-refractivity contribution is 0.465. The van der Waals surface area contributed by atoms with E-state index >= 15 is 0 Å². The second-order valence-electron chi connectivity index (χ2n) is 3.10. The molecule has 1 aromatic carbocycles. The topological polar surface area (TPSA) is 48.1 Å². The van der Waals surface area contributed by atoms with Gasteiger partial charge in [-0.2, -0.15) is 0 Å². The Morgan fingerprint density at radius 1 is 1.12 bits per heavy atom. The lowest BCUT2D eigenvalue weighted by Crippen LogP contribution is -1.94. The first kappa shape index (κ1) is 11.0. The van der Waals surface area contributed by atoms with Crippen LogP contribution in [0.3, 0.4) is 0 Å². The number of hydrogen-bond donors (Lipinski definition) is 1. The number of aromatic nitrogens is 1. The second-order valence-corrected chi connectivity index (χ2v) is 3.98. The highest BCUT2D eigenvalue weighted by molar-refractivity contribution is 6.34. The Hall–Kier alpha value is -1.45. The molecule has 2 aromatic rings. The number of nitrogens with two attached hydrogens (primary N) is 1. The van der Waals surface area contributed by atoms with Gasteiger partial charge in [-0.15, -0.1) is 0 Å². The standard InChI is InChI=1S/C11H8Cl2N2O/c12-7-4-8(13)6-9(5-7)16-11-10(14)2-1-3-15-11/h1-6H,14H2. The van der Waals surface area contributed by atoms with E-state index in [1.165, 1.54) is 0 Å². The summed E-state index contributed by atoms with van der Waals surface area (Å²) >= 11 is 11.7. The van der Waals surface area contributed by atoms with E-state index in [0.717, 1.165) is 0 Å². The molecule has 3 nitrogen and oxygen atoms in total. The van der Waals surface area contributed by atoms with Crippen molar-refractivity contribution in [2.45, 2.75) is 0 Å². The highest BCUT2D eigenvalue weighted by atomic mass is 35.5. The van der Waals surface area contributed by atoms with Gasteiger partial charge < -0.3 is 10.5 Å². The molecule has 1 aromatic heterocycles. The third-order valence-corrected chi connectivity index (χ3v) is 2.29. The fourth-order valence-electron chi connectivity index (χ4n) is 1.19. The molecule has 1 heterocycles. The number of rotatable bonds is 2. The molecule has 2 rings (SSSR count). The molecule has 0 fully saturated rings. The maximum Gasteiger partial charge on any atom is 0.242 e. The van der Waals surface area contributed by atoms with Gasteiger partial charge in [0.1, 0.15) is 5.75 Å². The predicted octanol–water partition coefficient (Wildman–Crippen LogP) is 3.76. The first-order chi connectivity index (χ1) is 7.65. The summed E-state index contributed by atoms with van der Waals surface area (Å²) in [4.78, 5) is 4.00. The quantitative estimate of drug-likeness (QED) is 0.888. The van der Waals surface area contributed by atoms with Crippen molar-refractivity contribution in [2.75, 3.05) is 5.73 Å². The van der Waals surface area contributed by atoms with Crippen LogP contribution in [0.25, 0.3) is 0 Å². The van der Waals surface area contributed by atoms with E-state index in [4.69, 9.17) is 33.7 Å². The first-order valence-corrected chi connectivity index (χ1v) is 5.25. The van der Waals surface area contributed by atoms with Crippen LogP contribution in [0.5, 0.6) is 11.6 Å². The van der Waals surface area contributed by atoms with Crippen LogP contribution in [0.15, 0.2) is 36.5 Å². The van der Waals surface area contributed by atoms with Crippen LogP contribution in [-0.4, -0.2) is 4.98 Å². The molecule has 0 amide bonds. The van der Waals surface area contributed by atoms with Crippen LogP contribution in [0, 0.1) is 0 Å². The molecule has 0 bridgehead atoms. The SMILES string of the molecule is Nc1cccnc1Oc1cc(Cl)cc(Cl)c1. The molecule has 82 valence electrons. The summed E-state index contributed by atoms with van der Waals surface area (Å²) in [7, 11) is 0. The fraction of sp³-hybridized carbons (Fsp3) is 0. The van der Waals surface area contributed by atoms with E-state index in [9.17, 15) is 0 Å². The van der Waals surface area contributed by atoms with Crippen molar-refractivity contribution in [1.29, 1.82) is 0 Å². The largest absolute Gasteiger partial charge is 0.437 e. The lowest BCUT2D eigenvalue weighted by atomic mass is 10.3. The van der Waals surface area contributed by atoms with Gasteiger partial charge in [-0.05, 0) is 30.3 Å². The van der Waals surface area contributed by atoms with Gasteiger partial charge in [0.25, 0.3) is 0 Å². The molecule has 0 aliphatic rings. The van der Waals surface area contributed by atoms with Crippen LogP contribution < -0.4 is 10.5 Å². The van der Waals surface area contributed by atoms with Crippen LogP contribution in [0.1, 0.15) is 0 Å². The van der Waals surface area contributed by atoms with Gasteiger partial charge in [0.2, 0.25) is 5.88 Å². The second kappa shape index (κ2) is 4.60. The molecular weight excluding hydrogens is 247 g/mol. The number of benzene rings is 1. The normalized spacial score (nSPS) is 10.1. The summed E-state index contributed by atoms with van der Waals surface area (Å²) in [6.45, 7) is 0. The van der Waals surface area contributed by atoms with Crippen molar-refractivity contribution in [3.63, 3.8) is 0 Å². The van der Waals surface area contributed by atoms with Crippen molar-refractivity contribution in [3.05, 3.63) is 46.6 Å². The number of ether oxygens (including phenoxy) is 1. The maximum absolute atomic E-state index is 5.84. The zero-order valence-corrected chi connectivity index (χ0v) is 9.66. The van der Waals surface area contributed by atoms with Gasteiger partial charge in [-0.3, -0.25) is 0 Å². The average Bonchev–Trinajstić information content (AvgIpc) is 2.20. The van der Waals surface area contributed by atoms with Gasteiger partial charge in [-0.25, -0.2) is 4.98 Å². The molecule has 0 spiro atoms. The minimum absolute atomic E-state index is 0.334. The Balaban J connectivity index is 2.30. The Labute approximate surface area is 103 Å². The first-order valence-electron chi connectivity index (χ1n) is 4.49. The number of nitrogen functional groups attached to an aromatic ring is 1. The number of anilines is 1. The third-order valence-electron chi connectivity index (χ3n) is 1.85. The summed E-state index contributed by atoms with van der Waals surface area (Å²) < 4.78 is 5.47. The summed E-state index contributed by atoms with van der Waals surface area (Å²) in [6, 6.07) is 8.34. The van der Waals surface area contributed by atoms with E-state index in [0.29, 0.717) is 27.4 Å². The van der Waals surface area contributed by atoms with Crippen LogP contribution in [-0.2, 0) is 0 Å². The van der Waals surface area contributed by atoms with Crippen LogP contribution in [0.2, 0.25) is 10.0 Å². The summed E-state index contributed by atoms with van der Waals surface area (Å²) in [6.07, 6.45) is 1.60. The zero-order valence-electron chi connectivity index (χ0n) is 8.15. The van der Waals surface area contributed by atoms with E-state index in [1.54, 1.807) is 36.5 Å². The highest BCUT2D eigenvalue weighted by Crippen LogP contribution is 2.29. The fourth-order valence-corrected chi connectivity index (χ4v) is 1.69. The predicted molar refractivity (Wildman–Crippen MR) is 65.2 cm³/mol. The minimum atomic E-state index is 0.334. The molecule has 0 saturated carbocycles. The van der Waals surface area contributed by atoms with Crippen molar-refractivity contribution >= 4 is 28.9 Å². The zero-order chi connectivity index (χ0) is 11.5. The minimum Gasteiger partial charge on any atom is -0.437 e. The molecule has 0 aliphatic carbocycles. The van der Waals surface area contributed by atoms with E-state index < -0.39 is 0 Å². The van der Waals surface area contributed by atoms with Gasteiger partial charge in [-0.1, -0.05) is 23.2 Å². The van der Waals surface area contributed by atoms with E-state index in [-0.39, 0.29) is 0 Å². The Morgan fingerprint density at radius 2 is 1.81 bits per heavy atom. The monoisotopic (exact) mass is 254 g/mol. The molecule has 2 N–H and O–H groups in total. The molecule has 16 heavy (non-hydrogen) atoms. The number of pyridine rings is 1. The summed E-state index contributed by atoms with van der Waals surface area (Å²) in [5.74, 6) is 0.837. The third kappa shape index (κ3) is 2.56. The smallest absolute Gasteiger partial charge is 0.242 e. The van der Waals surface area contributed by atoms with Crippen molar-refractivity contribution in [3.8, 4) is 11.6 Å². The Bertz CT molecular complexity index is 497. The van der Waals surface area contributed by atoms with Gasteiger partial charge in [0.15, 0.2) is 0 Å². The van der Waals surface area contributed by atoms with Gasteiger partial charge in [0, 0.05) is 16.2 Å². The summed E-state index contributed by atoms with van der Waals surface area (Å²) in [5, 5.41) is 0.994. The Morgan fingerprint density at radius 3 is 2.44 bits per heavy atom. The molecule has 0 aliphatic heterocycles. The van der Waals surface area contributed by atoms with E-state index in [1.807, 2.05) is 0 Å². The van der Waals surface area contributed by atoms with Crippen molar-refractivity contribution in [1.82, 2.24) is 4.98 Å². The number of nitrogens with zero attached hydrogens (tertiary/aromatic N) is 1.